The lowest BCUT2D eigenvalue weighted by Crippen LogP contribution is -2.10. The Morgan fingerprint density at radius 3 is 2.55 bits per heavy atom. The molecule has 0 amide bonds. The van der Waals surface area contributed by atoms with Crippen LogP contribution in [0.25, 0.3) is 11.0 Å². The van der Waals surface area contributed by atoms with Gasteiger partial charge in [-0.15, -0.1) is 0 Å². The Labute approximate surface area is 116 Å². The van der Waals surface area contributed by atoms with Gasteiger partial charge in [0.05, 0.1) is 17.1 Å². The van der Waals surface area contributed by atoms with Crippen molar-refractivity contribution in [3.8, 4) is 0 Å². The van der Waals surface area contributed by atoms with Crippen LogP contribution in [0.1, 0.15) is 24.4 Å². The number of halogens is 1. The number of aromatic nitrogens is 2. The average molecular weight is 270 g/mol. The Kier molecular flexibility index (Phi) is 3.24. The molecule has 20 heavy (non-hydrogen) atoms. The van der Waals surface area contributed by atoms with Gasteiger partial charge in [-0.1, -0.05) is 24.3 Å². The Morgan fingerprint density at radius 2 is 1.85 bits per heavy atom. The third-order valence-corrected chi connectivity index (χ3v) is 3.55. The van der Waals surface area contributed by atoms with E-state index in [-0.39, 0.29) is 18.5 Å². The predicted octanol–water partition coefficient (Wildman–Crippen LogP) is 3.28. The van der Waals surface area contributed by atoms with Gasteiger partial charge in [0.25, 0.3) is 0 Å². The van der Waals surface area contributed by atoms with Gasteiger partial charge in [0.15, 0.2) is 0 Å². The second-order valence-corrected chi connectivity index (χ2v) is 4.77. The number of aliphatic hydroxyl groups is 1. The van der Waals surface area contributed by atoms with Gasteiger partial charge >= 0.3 is 0 Å². The van der Waals surface area contributed by atoms with Crippen molar-refractivity contribution in [2.24, 2.45) is 0 Å². The van der Waals surface area contributed by atoms with Gasteiger partial charge in [-0.3, -0.25) is 0 Å². The molecule has 1 unspecified atom stereocenters. The van der Waals surface area contributed by atoms with Crippen LogP contribution in [0.3, 0.4) is 0 Å². The van der Waals surface area contributed by atoms with Gasteiger partial charge in [0.1, 0.15) is 18.2 Å². The second kappa shape index (κ2) is 5.06. The SMILES string of the molecule is CC(c1ccc(F)cc1)n1c(CO)nc2ccccc21. The van der Waals surface area contributed by atoms with Crippen molar-refractivity contribution in [2.45, 2.75) is 19.6 Å². The largest absolute Gasteiger partial charge is 0.388 e. The molecule has 3 nitrogen and oxygen atoms in total. The fourth-order valence-corrected chi connectivity index (χ4v) is 2.53. The highest BCUT2D eigenvalue weighted by atomic mass is 19.1. The van der Waals surface area contributed by atoms with E-state index in [9.17, 15) is 9.50 Å². The van der Waals surface area contributed by atoms with E-state index in [1.807, 2.05) is 35.8 Å². The van der Waals surface area contributed by atoms with Gasteiger partial charge in [-0.05, 0) is 36.8 Å². The Hall–Kier alpha value is -2.20. The summed E-state index contributed by atoms with van der Waals surface area (Å²) in [6.45, 7) is 1.89. The highest BCUT2D eigenvalue weighted by Crippen LogP contribution is 2.26. The van der Waals surface area contributed by atoms with Crippen molar-refractivity contribution in [2.75, 3.05) is 0 Å². The molecule has 1 atom stereocenters. The molecule has 0 aliphatic carbocycles. The minimum absolute atomic E-state index is 0.0230. The number of para-hydroxylation sites is 2. The lowest BCUT2D eigenvalue weighted by Gasteiger charge is -2.17. The monoisotopic (exact) mass is 270 g/mol. The molecule has 1 aromatic heterocycles. The summed E-state index contributed by atoms with van der Waals surface area (Å²) >= 11 is 0. The highest BCUT2D eigenvalue weighted by Gasteiger charge is 2.16. The lowest BCUT2D eigenvalue weighted by molar-refractivity contribution is 0.264. The van der Waals surface area contributed by atoms with Crippen molar-refractivity contribution in [1.82, 2.24) is 9.55 Å². The molecule has 3 rings (SSSR count). The Bertz CT molecular complexity index is 734. The van der Waals surface area contributed by atoms with Gasteiger partial charge in [-0.2, -0.15) is 0 Å². The zero-order valence-corrected chi connectivity index (χ0v) is 11.1. The van der Waals surface area contributed by atoms with Crippen LogP contribution in [0.4, 0.5) is 4.39 Å². The summed E-state index contributed by atoms with van der Waals surface area (Å²) in [7, 11) is 0. The van der Waals surface area contributed by atoms with Crippen LogP contribution in [0.2, 0.25) is 0 Å². The first-order chi connectivity index (χ1) is 9.70. The van der Waals surface area contributed by atoms with Crippen molar-refractivity contribution in [1.29, 1.82) is 0 Å². The number of imidazole rings is 1. The fourth-order valence-electron chi connectivity index (χ4n) is 2.53. The van der Waals surface area contributed by atoms with Gasteiger partial charge in [0.2, 0.25) is 0 Å². The Balaban J connectivity index is 2.15. The smallest absolute Gasteiger partial charge is 0.136 e. The number of rotatable bonds is 3. The minimum Gasteiger partial charge on any atom is -0.388 e. The molecule has 2 aromatic carbocycles. The summed E-state index contributed by atoms with van der Waals surface area (Å²) in [5.74, 6) is 0.363. The maximum absolute atomic E-state index is 13.0. The van der Waals surface area contributed by atoms with Crippen LogP contribution in [-0.4, -0.2) is 14.7 Å². The molecule has 3 aromatic rings. The summed E-state index contributed by atoms with van der Waals surface area (Å²) in [5, 5.41) is 9.52. The van der Waals surface area contributed by atoms with E-state index in [4.69, 9.17) is 0 Å². The van der Waals surface area contributed by atoms with Crippen molar-refractivity contribution >= 4 is 11.0 Å². The lowest BCUT2D eigenvalue weighted by atomic mass is 10.1. The molecule has 0 fully saturated rings. The summed E-state index contributed by atoms with van der Waals surface area (Å²) in [6, 6.07) is 14.1. The molecular weight excluding hydrogens is 255 g/mol. The van der Waals surface area contributed by atoms with Gasteiger partial charge < -0.3 is 9.67 Å². The van der Waals surface area contributed by atoms with Crippen LogP contribution in [-0.2, 0) is 6.61 Å². The fraction of sp³-hybridized carbons (Fsp3) is 0.188. The number of benzene rings is 2. The summed E-state index contributed by atoms with van der Waals surface area (Å²) in [6.07, 6.45) is 0. The predicted molar refractivity (Wildman–Crippen MR) is 75.9 cm³/mol. The number of fused-ring (bicyclic) bond motifs is 1. The first kappa shape index (κ1) is 12.8. The van der Waals surface area contributed by atoms with E-state index in [0.29, 0.717) is 5.82 Å². The van der Waals surface area contributed by atoms with Crippen molar-refractivity contribution in [3.05, 3.63) is 65.7 Å². The molecule has 0 saturated heterocycles. The molecule has 0 radical (unpaired) electrons. The zero-order chi connectivity index (χ0) is 14.1. The first-order valence-corrected chi connectivity index (χ1v) is 6.53. The maximum Gasteiger partial charge on any atom is 0.136 e. The minimum atomic E-state index is -0.251. The van der Waals surface area contributed by atoms with Crippen LogP contribution >= 0.6 is 0 Å². The van der Waals surface area contributed by atoms with Crippen LogP contribution in [0.15, 0.2) is 48.5 Å². The molecule has 0 saturated carbocycles. The topological polar surface area (TPSA) is 38.0 Å². The summed E-state index contributed by atoms with van der Waals surface area (Å²) < 4.78 is 15.0. The van der Waals surface area contributed by atoms with Gasteiger partial charge in [-0.25, -0.2) is 9.37 Å². The van der Waals surface area contributed by atoms with Crippen LogP contribution in [0.5, 0.6) is 0 Å². The van der Waals surface area contributed by atoms with E-state index in [2.05, 4.69) is 4.98 Å². The Morgan fingerprint density at radius 1 is 1.15 bits per heavy atom. The van der Waals surface area contributed by atoms with E-state index in [1.165, 1.54) is 12.1 Å². The third kappa shape index (κ3) is 2.08. The standard InChI is InChI=1S/C16H15FN2O/c1-11(12-6-8-13(17)9-7-12)19-15-5-3-2-4-14(15)18-16(19)10-20/h2-9,11,20H,10H2,1H3. The van der Waals surface area contributed by atoms with E-state index < -0.39 is 0 Å². The summed E-state index contributed by atoms with van der Waals surface area (Å²) in [4.78, 5) is 4.43. The molecule has 0 aliphatic rings. The second-order valence-electron chi connectivity index (χ2n) is 4.77. The highest BCUT2D eigenvalue weighted by molar-refractivity contribution is 5.76. The molecule has 0 bridgehead atoms. The number of hydrogen-bond acceptors (Lipinski definition) is 2. The molecular formula is C16H15FN2O. The molecule has 1 N–H and O–H groups in total. The van der Waals surface area contributed by atoms with Crippen molar-refractivity contribution < 1.29 is 9.50 Å². The average Bonchev–Trinajstić information content (AvgIpc) is 2.85. The van der Waals surface area contributed by atoms with Crippen molar-refractivity contribution in [3.63, 3.8) is 0 Å². The number of nitrogens with zero attached hydrogens (tertiary/aromatic N) is 2. The molecule has 0 spiro atoms. The van der Waals surface area contributed by atoms with Crippen LogP contribution < -0.4 is 0 Å². The summed E-state index contributed by atoms with van der Waals surface area (Å²) in [5.41, 5.74) is 2.79. The van der Waals surface area contributed by atoms with Crippen LogP contribution in [0, 0.1) is 5.82 Å². The maximum atomic E-state index is 13.0. The van der Waals surface area contributed by atoms with E-state index in [0.717, 1.165) is 16.6 Å². The normalized spacial score (nSPS) is 12.8. The number of hydrogen-bond donors (Lipinski definition) is 1. The van der Waals surface area contributed by atoms with E-state index >= 15 is 0 Å². The zero-order valence-electron chi connectivity index (χ0n) is 11.1. The third-order valence-electron chi connectivity index (χ3n) is 3.55. The number of aliphatic hydroxyl groups excluding tert-OH is 1. The van der Waals surface area contributed by atoms with E-state index in [1.54, 1.807) is 12.1 Å². The molecule has 102 valence electrons. The molecule has 1 heterocycles. The molecule has 0 aliphatic heterocycles. The molecule has 4 heteroatoms. The quantitative estimate of drug-likeness (QED) is 0.793. The first-order valence-electron chi connectivity index (χ1n) is 6.53. The van der Waals surface area contributed by atoms with Gasteiger partial charge in [0, 0.05) is 0 Å².